The molecule has 19 heavy (non-hydrogen) atoms. The van der Waals surface area contributed by atoms with Gasteiger partial charge in [-0.3, -0.25) is 4.90 Å². The van der Waals surface area contributed by atoms with Gasteiger partial charge in [-0.25, -0.2) is 0 Å². The number of nitrogens with one attached hydrogen (secondary N) is 1. The van der Waals surface area contributed by atoms with Gasteiger partial charge < -0.3 is 10.4 Å². The topological polar surface area (TPSA) is 35.5 Å². The van der Waals surface area contributed by atoms with Crippen LogP contribution in [-0.4, -0.2) is 35.7 Å². The molecule has 3 heteroatoms. The first kappa shape index (κ1) is 14.4. The van der Waals surface area contributed by atoms with Crippen molar-refractivity contribution in [3.05, 3.63) is 29.8 Å². The second kappa shape index (κ2) is 6.92. The highest BCUT2D eigenvalue weighted by molar-refractivity contribution is 5.27. The van der Waals surface area contributed by atoms with E-state index in [1.807, 2.05) is 12.1 Å². The Kier molecular flexibility index (Phi) is 5.23. The number of nitrogens with zero attached hydrogens (tertiary/aromatic N) is 1. The molecule has 1 aliphatic heterocycles. The number of hydrogen-bond acceptors (Lipinski definition) is 3. The van der Waals surface area contributed by atoms with Crippen LogP contribution in [-0.2, 0) is 6.54 Å². The molecule has 2 N–H and O–H groups in total. The Bertz CT molecular complexity index is 386. The fraction of sp³-hybridized carbons (Fsp3) is 0.625. The minimum atomic E-state index is 0.362. The van der Waals surface area contributed by atoms with Crippen LogP contribution in [0.3, 0.4) is 0 Å². The zero-order chi connectivity index (χ0) is 13.7. The first-order chi connectivity index (χ1) is 9.13. The van der Waals surface area contributed by atoms with Gasteiger partial charge in [0, 0.05) is 25.7 Å². The molecule has 1 unspecified atom stereocenters. The zero-order valence-corrected chi connectivity index (χ0v) is 12.1. The molecule has 0 spiro atoms. The summed E-state index contributed by atoms with van der Waals surface area (Å²) >= 11 is 0. The van der Waals surface area contributed by atoms with E-state index in [4.69, 9.17) is 0 Å². The second-order valence-electron chi connectivity index (χ2n) is 6.05. The third-order valence-corrected chi connectivity index (χ3v) is 3.58. The summed E-state index contributed by atoms with van der Waals surface area (Å²) in [6, 6.07) is 8.25. The zero-order valence-electron chi connectivity index (χ0n) is 12.1. The van der Waals surface area contributed by atoms with Gasteiger partial charge in [0.1, 0.15) is 5.75 Å². The normalized spacial score (nSPS) is 19.5. The molecule has 0 radical (unpaired) electrons. The highest BCUT2D eigenvalue weighted by Gasteiger charge is 2.18. The number of hydrogen-bond donors (Lipinski definition) is 2. The number of benzene rings is 1. The van der Waals surface area contributed by atoms with Crippen molar-refractivity contribution in [2.24, 2.45) is 5.92 Å². The van der Waals surface area contributed by atoms with Crippen LogP contribution in [0.15, 0.2) is 24.3 Å². The summed E-state index contributed by atoms with van der Waals surface area (Å²) in [5, 5.41) is 13.1. The molecule has 1 aromatic rings. The fourth-order valence-corrected chi connectivity index (χ4v) is 2.86. The quantitative estimate of drug-likeness (QED) is 0.827. The lowest BCUT2D eigenvalue weighted by molar-refractivity contribution is 0.216. The summed E-state index contributed by atoms with van der Waals surface area (Å²) in [6.45, 7) is 8.81. The van der Waals surface area contributed by atoms with E-state index in [0.29, 0.717) is 17.7 Å². The second-order valence-corrected chi connectivity index (χ2v) is 6.05. The van der Waals surface area contributed by atoms with Crippen LogP contribution in [0.25, 0.3) is 0 Å². The van der Waals surface area contributed by atoms with Crippen LogP contribution >= 0.6 is 0 Å². The van der Waals surface area contributed by atoms with E-state index in [0.717, 1.165) is 26.2 Å². The largest absolute Gasteiger partial charge is 0.508 e. The van der Waals surface area contributed by atoms with E-state index >= 15 is 0 Å². The third-order valence-electron chi connectivity index (χ3n) is 3.58. The predicted octanol–water partition coefficient (Wildman–Crippen LogP) is 2.60. The first-order valence-electron chi connectivity index (χ1n) is 7.37. The molecule has 1 aromatic carbocycles. The standard InChI is InChI=1S/C16H26N2O/c1-13(2)10-18(12-15-6-4-8-17-15)11-14-5-3-7-16(19)9-14/h3,5,7,9,13,15,17,19H,4,6,8,10-12H2,1-2H3. The fourth-order valence-electron chi connectivity index (χ4n) is 2.86. The molecule has 1 fully saturated rings. The monoisotopic (exact) mass is 262 g/mol. The van der Waals surface area contributed by atoms with Crippen molar-refractivity contribution in [3.63, 3.8) is 0 Å². The highest BCUT2D eigenvalue weighted by atomic mass is 16.3. The average Bonchev–Trinajstić information content (AvgIpc) is 2.80. The van der Waals surface area contributed by atoms with Crippen molar-refractivity contribution in [2.75, 3.05) is 19.6 Å². The van der Waals surface area contributed by atoms with Crippen molar-refractivity contribution >= 4 is 0 Å². The summed E-state index contributed by atoms with van der Waals surface area (Å²) in [5.74, 6) is 1.03. The molecular weight excluding hydrogens is 236 g/mol. The van der Waals surface area contributed by atoms with Crippen LogP contribution in [0.2, 0.25) is 0 Å². The third kappa shape index (κ3) is 4.84. The van der Waals surface area contributed by atoms with Gasteiger partial charge in [-0.15, -0.1) is 0 Å². The van der Waals surface area contributed by atoms with E-state index in [1.165, 1.54) is 18.4 Å². The molecule has 1 heterocycles. The SMILES string of the molecule is CC(C)CN(Cc1cccc(O)c1)CC1CCCN1. The van der Waals surface area contributed by atoms with Crippen LogP contribution < -0.4 is 5.32 Å². The molecule has 2 rings (SSSR count). The van der Waals surface area contributed by atoms with Crippen LogP contribution in [0.5, 0.6) is 5.75 Å². The molecule has 0 amide bonds. The van der Waals surface area contributed by atoms with E-state index in [-0.39, 0.29) is 0 Å². The Morgan fingerprint density at radius 3 is 2.89 bits per heavy atom. The van der Waals surface area contributed by atoms with Gasteiger partial charge in [0.2, 0.25) is 0 Å². The van der Waals surface area contributed by atoms with Gasteiger partial charge in [0.25, 0.3) is 0 Å². The van der Waals surface area contributed by atoms with Gasteiger partial charge in [-0.2, -0.15) is 0 Å². The summed E-state index contributed by atoms with van der Waals surface area (Å²) in [5.41, 5.74) is 1.19. The minimum absolute atomic E-state index is 0.362. The molecule has 1 aliphatic rings. The van der Waals surface area contributed by atoms with Crippen molar-refractivity contribution < 1.29 is 5.11 Å². The number of phenolic OH excluding ortho intramolecular Hbond substituents is 1. The molecule has 0 aliphatic carbocycles. The summed E-state index contributed by atoms with van der Waals surface area (Å²) in [6.07, 6.45) is 2.58. The maximum Gasteiger partial charge on any atom is 0.115 e. The van der Waals surface area contributed by atoms with Crippen LogP contribution in [0.4, 0.5) is 0 Å². The van der Waals surface area contributed by atoms with Crippen molar-refractivity contribution in [3.8, 4) is 5.75 Å². The Labute approximate surface area is 116 Å². The minimum Gasteiger partial charge on any atom is -0.508 e. The lowest BCUT2D eigenvalue weighted by Gasteiger charge is -2.27. The van der Waals surface area contributed by atoms with E-state index in [1.54, 1.807) is 6.07 Å². The molecular formula is C16H26N2O. The van der Waals surface area contributed by atoms with Crippen molar-refractivity contribution in [2.45, 2.75) is 39.3 Å². The summed E-state index contributed by atoms with van der Waals surface area (Å²) in [7, 11) is 0. The molecule has 1 saturated heterocycles. The van der Waals surface area contributed by atoms with Gasteiger partial charge in [-0.1, -0.05) is 26.0 Å². The van der Waals surface area contributed by atoms with Gasteiger partial charge in [0.05, 0.1) is 0 Å². The molecule has 3 nitrogen and oxygen atoms in total. The summed E-state index contributed by atoms with van der Waals surface area (Å²) in [4.78, 5) is 2.50. The maximum atomic E-state index is 9.56. The Morgan fingerprint density at radius 1 is 1.42 bits per heavy atom. The van der Waals surface area contributed by atoms with Gasteiger partial charge in [-0.05, 0) is 43.0 Å². The van der Waals surface area contributed by atoms with Gasteiger partial charge >= 0.3 is 0 Å². The first-order valence-corrected chi connectivity index (χ1v) is 7.37. The number of phenols is 1. The molecule has 1 atom stereocenters. The number of aromatic hydroxyl groups is 1. The molecule has 106 valence electrons. The average molecular weight is 262 g/mol. The predicted molar refractivity (Wildman–Crippen MR) is 79.2 cm³/mol. The smallest absolute Gasteiger partial charge is 0.115 e. The molecule has 0 aromatic heterocycles. The Hall–Kier alpha value is -1.06. The van der Waals surface area contributed by atoms with Crippen LogP contribution in [0.1, 0.15) is 32.3 Å². The highest BCUT2D eigenvalue weighted by Crippen LogP contribution is 2.15. The van der Waals surface area contributed by atoms with Crippen LogP contribution in [0, 0.1) is 5.92 Å². The van der Waals surface area contributed by atoms with Crippen molar-refractivity contribution in [1.82, 2.24) is 10.2 Å². The lowest BCUT2D eigenvalue weighted by Crippen LogP contribution is -2.38. The lowest BCUT2D eigenvalue weighted by atomic mass is 10.1. The number of rotatable bonds is 6. The van der Waals surface area contributed by atoms with Gasteiger partial charge in [0.15, 0.2) is 0 Å². The Balaban J connectivity index is 1.96. The molecule has 0 saturated carbocycles. The summed E-state index contributed by atoms with van der Waals surface area (Å²) < 4.78 is 0. The Morgan fingerprint density at radius 2 is 2.26 bits per heavy atom. The van der Waals surface area contributed by atoms with Crippen molar-refractivity contribution in [1.29, 1.82) is 0 Å². The van der Waals surface area contributed by atoms with E-state index in [2.05, 4.69) is 30.1 Å². The van der Waals surface area contributed by atoms with E-state index in [9.17, 15) is 5.11 Å². The molecule has 0 bridgehead atoms. The van der Waals surface area contributed by atoms with E-state index < -0.39 is 0 Å². The maximum absolute atomic E-state index is 9.56.